The first-order valence-corrected chi connectivity index (χ1v) is 8.41. The monoisotopic (exact) mass is 344 g/mol. The topological polar surface area (TPSA) is 79.6 Å². The van der Waals surface area contributed by atoms with Crippen LogP contribution in [0.25, 0.3) is 11.1 Å². The maximum absolute atomic E-state index is 12.1. The maximum Gasteiger partial charge on any atom is 0.237 e. The van der Waals surface area contributed by atoms with Crippen LogP contribution < -0.4 is 10.1 Å². The first kappa shape index (κ1) is 17.4. The predicted octanol–water partition coefficient (Wildman–Crippen LogP) is 0.647. The molecule has 0 unspecified atom stereocenters. The Bertz CT molecular complexity index is 731. The number of hydrogen-bond donors (Lipinski definition) is 2. The van der Waals surface area contributed by atoms with Crippen LogP contribution in [0.4, 0.5) is 0 Å². The average molecular weight is 344 g/mol. The Morgan fingerprint density at radius 1 is 1.40 bits per heavy atom. The molecule has 0 bridgehead atoms. The molecule has 134 valence electrons. The van der Waals surface area contributed by atoms with Crippen molar-refractivity contribution in [2.24, 2.45) is 7.05 Å². The number of aromatic nitrogens is 2. The summed E-state index contributed by atoms with van der Waals surface area (Å²) in [5.41, 5.74) is 2.07. The minimum absolute atomic E-state index is 0.0632. The van der Waals surface area contributed by atoms with E-state index in [1.54, 1.807) is 4.68 Å². The highest BCUT2D eigenvalue weighted by molar-refractivity contribution is 5.82. The van der Waals surface area contributed by atoms with Gasteiger partial charge in [0.15, 0.2) is 0 Å². The van der Waals surface area contributed by atoms with Crippen LogP contribution in [0.3, 0.4) is 0 Å². The van der Waals surface area contributed by atoms with Gasteiger partial charge < -0.3 is 15.2 Å². The lowest BCUT2D eigenvalue weighted by atomic mass is 10.1. The Labute approximate surface area is 147 Å². The van der Waals surface area contributed by atoms with Crippen LogP contribution in [0.15, 0.2) is 36.7 Å². The molecule has 2 atom stereocenters. The van der Waals surface area contributed by atoms with Crippen molar-refractivity contribution in [1.82, 2.24) is 20.0 Å². The SMILES string of the molecule is CN1C[C@@H](O)C[C@H]1C(=O)NCCOc1cccc(-c2cnn(C)c2)c1. The van der Waals surface area contributed by atoms with E-state index in [0.717, 1.165) is 16.9 Å². The summed E-state index contributed by atoms with van der Waals surface area (Å²) in [6, 6.07) is 7.53. The largest absolute Gasteiger partial charge is 0.492 e. The smallest absolute Gasteiger partial charge is 0.237 e. The predicted molar refractivity (Wildman–Crippen MR) is 94.2 cm³/mol. The zero-order valence-corrected chi connectivity index (χ0v) is 14.6. The second kappa shape index (κ2) is 7.67. The highest BCUT2D eigenvalue weighted by Crippen LogP contribution is 2.23. The number of aryl methyl sites for hydroxylation is 1. The summed E-state index contributed by atoms with van der Waals surface area (Å²) in [6.45, 7) is 1.35. The molecular weight excluding hydrogens is 320 g/mol. The Morgan fingerprint density at radius 2 is 2.24 bits per heavy atom. The van der Waals surface area contributed by atoms with Crippen molar-refractivity contribution in [3.63, 3.8) is 0 Å². The van der Waals surface area contributed by atoms with Gasteiger partial charge in [-0.2, -0.15) is 5.10 Å². The van der Waals surface area contributed by atoms with Crippen LogP contribution in [0, 0.1) is 0 Å². The molecule has 7 nitrogen and oxygen atoms in total. The molecule has 2 heterocycles. The van der Waals surface area contributed by atoms with Gasteiger partial charge in [-0.25, -0.2) is 0 Å². The molecule has 0 radical (unpaired) electrons. The van der Waals surface area contributed by atoms with Gasteiger partial charge in [-0.15, -0.1) is 0 Å². The average Bonchev–Trinajstić information content (AvgIpc) is 3.17. The molecule has 0 aliphatic carbocycles. The lowest BCUT2D eigenvalue weighted by Gasteiger charge is -2.18. The number of amides is 1. The number of aliphatic hydroxyl groups excluding tert-OH is 1. The molecule has 0 spiro atoms. The number of nitrogens with one attached hydrogen (secondary N) is 1. The lowest BCUT2D eigenvalue weighted by molar-refractivity contribution is -0.125. The van der Waals surface area contributed by atoms with E-state index in [1.807, 2.05) is 55.7 Å². The van der Waals surface area contributed by atoms with Crippen LogP contribution in [0.1, 0.15) is 6.42 Å². The molecule has 1 aliphatic heterocycles. The van der Waals surface area contributed by atoms with E-state index in [4.69, 9.17) is 4.74 Å². The third-order valence-electron chi connectivity index (χ3n) is 4.37. The van der Waals surface area contributed by atoms with Crippen molar-refractivity contribution in [1.29, 1.82) is 0 Å². The van der Waals surface area contributed by atoms with Crippen molar-refractivity contribution < 1.29 is 14.6 Å². The molecule has 1 fully saturated rings. The molecule has 1 saturated heterocycles. The number of hydrogen-bond acceptors (Lipinski definition) is 5. The molecule has 3 rings (SSSR count). The Kier molecular flexibility index (Phi) is 5.35. The number of rotatable bonds is 6. The van der Waals surface area contributed by atoms with Gasteiger partial charge in [0.05, 0.1) is 24.9 Å². The normalized spacial score (nSPS) is 20.6. The molecule has 2 aromatic rings. The Hall–Kier alpha value is -2.38. The number of likely N-dealkylation sites (N-methyl/N-ethyl adjacent to an activating group) is 1. The summed E-state index contributed by atoms with van der Waals surface area (Å²) in [7, 11) is 3.73. The summed E-state index contributed by atoms with van der Waals surface area (Å²) >= 11 is 0. The molecule has 0 saturated carbocycles. The van der Waals surface area contributed by atoms with Crippen molar-refractivity contribution in [3.8, 4) is 16.9 Å². The van der Waals surface area contributed by atoms with Gasteiger partial charge >= 0.3 is 0 Å². The van der Waals surface area contributed by atoms with Crippen molar-refractivity contribution in [3.05, 3.63) is 36.7 Å². The number of benzene rings is 1. The lowest BCUT2D eigenvalue weighted by Crippen LogP contribution is -2.42. The number of β-amino-alcohol motifs (C(OH)–C–C–N with tert-alkyl or cyclic N) is 1. The van der Waals surface area contributed by atoms with E-state index in [-0.39, 0.29) is 11.9 Å². The minimum Gasteiger partial charge on any atom is -0.492 e. The second-order valence-corrected chi connectivity index (χ2v) is 6.41. The second-order valence-electron chi connectivity index (χ2n) is 6.41. The summed E-state index contributed by atoms with van der Waals surface area (Å²) in [5.74, 6) is 0.691. The molecule has 2 N–H and O–H groups in total. The molecule has 1 amide bonds. The number of carbonyl (C=O) groups is 1. The van der Waals surface area contributed by atoms with Gasteiger partial charge in [-0.3, -0.25) is 14.4 Å². The van der Waals surface area contributed by atoms with E-state index < -0.39 is 6.10 Å². The number of likely N-dealkylation sites (tertiary alicyclic amines) is 1. The summed E-state index contributed by atoms with van der Waals surface area (Å²) in [6.07, 6.45) is 3.82. The summed E-state index contributed by atoms with van der Waals surface area (Å²) in [4.78, 5) is 14.0. The van der Waals surface area contributed by atoms with E-state index in [9.17, 15) is 9.90 Å². The van der Waals surface area contributed by atoms with Crippen LogP contribution in [0.5, 0.6) is 5.75 Å². The number of nitrogens with zero attached hydrogens (tertiary/aromatic N) is 3. The first-order valence-electron chi connectivity index (χ1n) is 8.41. The fourth-order valence-electron chi connectivity index (χ4n) is 3.08. The minimum atomic E-state index is -0.424. The van der Waals surface area contributed by atoms with Gasteiger partial charge in [0.25, 0.3) is 0 Å². The fourth-order valence-corrected chi connectivity index (χ4v) is 3.08. The molecular formula is C18H24N4O3. The number of carbonyl (C=O) groups excluding carboxylic acids is 1. The van der Waals surface area contributed by atoms with Crippen LogP contribution in [0.2, 0.25) is 0 Å². The molecule has 1 aliphatic rings. The van der Waals surface area contributed by atoms with Crippen LogP contribution >= 0.6 is 0 Å². The van der Waals surface area contributed by atoms with Gasteiger partial charge in [0.2, 0.25) is 5.91 Å². The first-order chi connectivity index (χ1) is 12.0. The van der Waals surface area contributed by atoms with Gasteiger partial charge in [0, 0.05) is 25.4 Å². The summed E-state index contributed by atoms with van der Waals surface area (Å²) < 4.78 is 7.49. The van der Waals surface area contributed by atoms with E-state index in [2.05, 4.69) is 10.4 Å². The highest BCUT2D eigenvalue weighted by Gasteiger charge is 2.33. The number of ether oxygens (including phenoxy) is 1. The van der Waals surface area contributed by atoms with Crippen LogP contribution in [-0.4, -0.2) is 64.6 Å². The zero-order valence-electron chi connectivity index (χ0n) is 14.6. The third kappa shape index (κ3) is 4.37. The Morgan fingerprint density at radius 3 is 2.92 bits per heavy atom. The standard InChI is InChI=1S/C18H24N4O3/c1-21-12-15(23)9-17(21)18(24)19-6-7-25-16-5-3-4-13(8-16)14-10-20-22(2)11-14/h3-5,8,10-11,15,17,23H,6-7,9,12H2,1-2H3,(H,19,24)/t15-,17-/m0/s1. The molecule has 7 heteroatoms. The molecule has 25 heavy (non-hydrogen) atoms. The van der Waals surface area contributed by atoms with Gasteiger partial charge in [0.1, 0.15) is 12.4 Å². The maximum atomic E-state index is 12.1. The Balaban J connectivity index is 1.47. The van der Waals surface area contributed by atoms with Crippen molar-refractivity contribution >= 4 is 5.91 Å². The van der Waals surface area contributed by atoms with Gasteiger partial charge in [-0.05, 0) is 31.2 Å². The van der Waals surface area contributed by atoms with E-state index in [1.165, 1.54) is 0 Å². The van der Waals surface area contributed by atoms with E-state index >= 15 is 0 Å². The molecule has 1 aromatic carbocycles. The van der Waals surface area contributed by atoms with Gasteiger partial charge in [-0.1, -0.05) is 12.1 Å². The van der Waals surface area contributed by atoms with Crippen molar-refractivity contribution in [2.45, 2.75) is 18.6 Å². The zero-order chi connectivity index (χ0) is 17.8. The number of aliphatic hydroxyl groups is 1. The fraction of sp³-hybridized carbons (Fsp3) is 0.444. The van der Waals surface area contributed by atoms with Crippen LogP contribution in [-0.2, 0) is 11.8 Å². The van der Waals surface area contributed by atoms with E-state index in [0.29, 0.717) is 26.1 Å². The third-order valence-corrected chi connectivity index (χ3v) is 4.37. The molecule has 1 aromatic heterocycles. The van der Waals surface area contributed by atoms with Crippen molar-refractivity contribution in [2.75, 3.05) is 26.7 Å². The summed E-state index contributed by atoms with van der Waals surface area (Å²) in [5, 5.41) is 16.6. The quantitative estimate of drug-likeness (QED) is 0.752. The highest BCUT2D eigenvalue weighted by atomic mass is 16.5.